The topological polar surface area (TPSA) is 94.2 Å². The Hall–Kier alpha value is -3.48. The van der Waals surface area contributed by atoms with Gasteiger partial charge in [0.25, 0.3) is 11.2 Å². The molecule has 2 aromatic carbocycles. The Balaban J connectivity index is 1.90. The number of nitro benzene ring substituents is 1. The van der Waals surface area contributed by atoms with E-state index in [1.807, 2.05) is 26.0 Å². The third-order valence-electron chi connectivity index (χ3n) is 4.28. The normalized spacial score (nSPS) is 10.7. The molecule has 1 aromatic heterocycles. The summed E-state index contributed by atoms with van der Waals surface area (Å²) in [7, 11) is 0. The summed E-state index contributed by atoms with van der Waals surface area (Å²) in [5.74, 6) is -0.346. The van der Waals surface area contributed by atoms with Crippen LogP contribution in [0.2, 0.25) is 0 Å². The molecule has 0 bridgehead atoms. The van der Waals surface area contributed by atoms with Gasteiger partial charge in [-0.1, -0.05) is 6.07 Å². The van der Waals surface area contributed by atoms with Gasteiger partial charge in [-0.2, -0.15) is 0 Å². The van der Waals surface area contributed by atoms with Gasteiger partial charge in [0.05, 0.1) is 10.4 Å². The maximum Gasteiger partial charge on any atom is 0.270 e. The first-order valence-electron chi connectivity index (χ1n) is 8.00. The van der Waals surface area contributed by atoms with Gasteiger partial charge >= 0.3 is 0 Å². The van der Waals surface area contributed by atoms with Crippen molar-refractivity contribution in [3.05, 3.63) is 80.1 Å². The monoisotopic (exact) mass is 351 g/mol. The number of pyridine rings is 1. The summed E-state index contributed by atoms with van der Waals surface area (Å²) in [4.78, 5) is 35.0. The molecule has 7 nitrogen and oxygen atoms in total. The minimum atomic E-state index is -0.499. The number of aromatic nitrogens is 1. The molecule has 132 valence electrons. The van der Waals surface area contributed by atoms with E-state index in [1.54, 1.807) is 6.07 Å². The Morgan fingerprint density at radius 2 is 1.85 bits per heavy atom. The van der Waals surface area contributed by atoms with E-state index in [9.17, 15) is 19.7 Å². The Bertz CT molecular complexity index is 1090. The summed E-state index contributed by atoms with van der Waals surface area (Å²) in [6.45, 7) is 3.75. The molecule has 1 heterocycles. The molecule has 0 saturated carbocycles. The molecule has 7 heteroatoms. The largest absolute Gasteiger partial charge is 0.325 e. The molecular formula is C19H17N3O4. The number of nitro groups is 1. The number of nitrogens with zero attached hydrogens (tertiary/aromatic N) is 2. The van der Waals surface area contributed by atoms with Gasteiger partial charge < -0.3 is 5.32 Å². The van der Waals surface area contributed by atoms with Crippen LogP contribution in [0.1, 0.15) is 11.1 Å². The summed E-state index contributed by atoms with van der Waals surface area (Å²) in [5, 5.41) is 14.2. The van der Waals surface area contributed by atoms with Crippen molar-refractivity contribution in [1.29, 1.82) is 0 Å². The molecule has 0 aliphatic rings. The fraction of sp³-hybridized carbons (Fsp3) is 0.158. The maximum absolute atomic E-state index is 12.4. The van der Waals surface area contributed by atoms with Crippen LogP contribution < -0.4 is 10.9 Å². The molecule has 0 aliphatic carbocycles. The van der Waals surface area contributed by atoms with E-state index in [0.717, 1.165) is 11.1 Å². The quantitative estimate of drug-likeness (QED) is 0.577. The van der Waals surface area contributed by atoms with E-state index in [0.29, 0.717) is 16.6 Å². The van der Waals surface area contributed by atoms with E-state index in [1.165, 1.54) is 34.9 Å². The van der Waals surface area contributed by atoms with Gasteiger partial charge in [0.2, 0.25) is 5.91 Å². The van der Waals surface area contributed by atoms with Crippen LogP contribution in [0, 0.1) is 24.0 Å². The number of aryl methyl sites for hydroxylation is 2. The summed E-state index contributed by atoms with van der Waals surface area (Å²) in [6, 6.07) is 12.6. The highest BCUT2D eigenvalue weighted by atomic mass is 16.6. The zero-order valence-electron chi connectivity index (χ0n) is 14.4. The highest BCUT2D eigenvalue weighted by molar-refractivity contribution is 5.92. The summed E-state index contributed by atoms with van der Waals surface area (Å²) in [5.41, 5.74) is 2.89. The number of carbonyl (C=O) groups excluding carboxylic acids is 1. The Morgan fingerprint density at radius 3 is 2.54 bits per heavy atom. The second-order valence-electron chi connectivity index (χ2n) is 6.11. The fourth-order valence-corrected chi connectivity index (χ4v) is 2.73. The number of benzene rings is 2. The van der Waals surface area contributed by atoms with Crippen LogP contribution in [0.5, 0.6) is 0 Å². The molecule has 0 unspecified atom stereocenters. The van der Waals surface area contributed by atoms with Crippen molar-refractivity contribution < 1.29 is 9.72 Å². The number of amides is 1. The van der Waals surface area contributed by atoms with Gasteiger partial charge in [-0.15, -0.1) is 0 Å². The van der Waals surface area contributed by atoms with Gasteiger partial charge in [0.15, 0.2) is 0 Å². The molecule has 0 fully saturated rings. The number of fused-ring (bicyclic) bond motifs is 1. The van der Waals surface area contributed by atoms with E-state index in [-0.39, 0.29) is 23.7 Å². The van der Waals surface area contributed by atoms with E-state index in [4.69, 9.17) is 0 Å². The Kier molecular flexibility index (Phi) is 4.53. The number of hydrogen-bond acceptors (Lipinski definition) is 4. The minimum absolute atomic E-state index is 0.0673. The van der Waals surface area contributed by atoms with Crippen LogP contribution in [-0.2, 0) is 11.3 Å². The third-order valence-corrected chi connectivity index (χ3v) is 4.28. The number of carbonyl (C=O) groups is 1. The van der Waals surface area contributed by atoms with Crippen molar-refractivity contribution in [2.75, 3.05) is 5.32 Å². The Morgan fingerprint density at radius 1 is 1.08 bits per heavy atom. The zero-order valence-corrected chi connectivity index (χ0v) is 14.4. The van der Waals surface area contributed by atoms with Crippen LogP contribution in [0.15, 0.2) is 53.3 Å². The predicted molar refractivity (Wildman–Crippen MR) is 99.4 cm³/mol. The summed E-state index contributed by atoms with van der Waals surface area (Å²) in [6.07, 6.45) is 0. The predicted octanol–water partition coefficient (Wildman–Crippen LogP) is 3.17. The smallest absolute Gasteiger partial charge is 0.270 e. The van der Waals surface area contributed by atoms with Crippen molar-refractivity contribution in [3.63, 3.8) is 0 Å². The van der Waals surface area contributed by atoms with Crippen LogP contribution in [0.4, 0.5) is 11.4 Å². The highest BCUT2D eigenvalue weighted by Crippen LogP contribution is 2.20. The van der Waals surface area contributed by atoms with E-state index in [2.05, 4.69) is 5.32 Å². The van der Waals surface area contributed by atoms with Crippen molar-refractivity contribution in [1.82, 2.24) is 4.57 Å². The van der Waals surface area contributed by atoms with Gasteiger partial charge in [-0.05, 0) is 49.2 Å². The first-order chi connectivity index (χ1) is 12.3. The van der Waals surface area contributed by atoms with E-state index >= 15 is 0 Å². The SMILES string of the molecule is Cc1ccc(NC(=O)Cn2c(=O)ccc3cc([N+](=O)[O-])ccc32)cc1C. The van der Waals surface area contributed by atoms with Gasteiger partial charge in [-0.3, -0.25) is 24.3 Å². The van der Waals surface area contributed by atoms with Gasteiger partial charge in [-0.25, -0.2) is 0 Å². The third kappa shape index (κ3) is 3.46. The summed E-state index contributed by atoms with van der Waals surface area (Å²) >= 11 is 0. The molecule has 0 atom stereocenters. The molecule has 3 rings (SSSR count). The molecule has 0 radical (unpaired) electrons. The molecule has 3 aromatic rings. The number of non-ortho nitro benzene ring substituents is 1. The molecule has 26 heavy (non-hydrogen) atoms. The molecule has 0 aliphatic heterocycles. The highest BCUT2D eigenvalue weighted by Gasteiger charge is 2.12. The summed E-state index contributed by atoms with van der Waals surface area (Å²) < 4.78 is 1.30. The standard InChI is InChI=1S/C19H17N3O4/c1-12-3-5-15(9-13(12)2)20-18(23)11-21-17-7-6-16(22(25)26)10-14(17)4-8-19(21)24/h3-10H,11H2,1-2H3,(H,20,23). The molecule has 1 N–H and O–H groups in total. The lowest BCUT2D eigenvalue weighted by Gasteiger charge is -2.11. The molecular weight excluding hydrogens is 334 g/mol. The van der Waals surface area contributed by atoms with Crippen LogP contribution >= 0.6 is 0 Å². The number of hydrogen-bond donors (Lipinski definition) is 1. The average Bonchev–Trinajstić information content (AvgIpc) is 2.60. The van der Waals surface area contributed by atoms with Crippen molar-refractivity contribution in [2.24, 2.45) is 0 Å². The van der Waals surface area contributed by atoms with Crippen LogP contribution in [-0.4, -0.2) is 15.4 Å². The first kappa shape index (κ1) is 17.3. The van der Waals surface area contributed by atoms with Crippen molar-refractivity contribution >= 4 is 28.2 Å². The fourth-order valence-electron chi connectivity index (χ4n) is 2.73. The lowest BCUT2D eigenvalue weighted by molar-refractivity contribution is -0.384. The van der Waals surface area contributed by atoms with Crippen molar-refractivity contribution in [3.8, 4) is 0 Å². The second kappa shape index (κ2) is 6.79. The maximum atomic E-state index is 12.4. The molecule has 0 spiro atoms. The van der Waals surface area contributed by atoms with Gasteiger partial charge in [0, 0.05) is 29.3 Å². The van der Waals surface area contributed by atoms with Crippen LogP contribution in [0.3, 0.4) is 0 Å². The molecule has 0 saturated heterocycles. The lowest BCUT2D eigenvalue weighted by atomic mass is 10.1. The first-order valence-corrected chi connectivity index (χ1v) is 8.00. The zero-order chi connectivity index (χ0) is 18.8. The number of anilines is 1. The minimum Gasteiger partial charge on any atom is -0.325 e. The average molecular weight is 351 g/mol. The van der Waals surface area contributed by atoms with Crippen molar-refractivity contribution in [2.45, 2.75) is 20.4 Å². The van der Waals surface area contributed by atoms with Crippen LogP contribution in [0.25, 0.3) is 10.9 Å². The second-order valence-corrected chi connectivity index (χ2v) is 6.11. The number of nitrogens with one attached hydrogen (secondary N) is 1. The van der Waals surface area contributed by atoms with Gasteiger partial charge in [0.1, 0.15) is 6.54 Å². The lowest BCUT2D eigenvalue weighted by Crippen LogP contribution is -2.27. The molecule has 1 amide bonds. The Labute approximate surface area is 149 Å². The van der Waals surface area contributed by atoms with E-state index < -0.39 is 4.92 Å². The number of rotatable bonds is 4.